The first-order chi connectivity index (χ1) is 14.7. The normalized spacial score (nSPS) is 11.5. The highest BCUT2D eigenvalue weighted by Gasteiger charge is 2.26. The molecule has 2 aromatic carbocycles. The lowest BCUT2D eigenvalue weighted by Gasteiger charge is -2.21. The van der Waals surface area contributed by atoms with E-state index in [1.807, 2.05) is 30.3 Å². The highest BCUT2D eigenvalue weighted by molar-refractivity contribution is 6.31. The van der Waals surface area contributed by atoms with Crippen LogP contribution in [0.3, 0.4) is 0 Å². The summed E-state index contributed by atoms with van der Waals surface area (Å²) >= 11 is 6.06. The number of hydrogen-bond donors (Lipinski definition) is 2. The second kappa shape index (κ2) is 11.4. The largest absolute Gasteiger partial charge is 0.495 e. The topological polar surface area (TPSA) is 93.7 Å². The summed E-state index contributed by atoms with van der Waals surface area (Å²) in [7, 11) is 1.46. The molecule has 0 aliphatic rings. The quantitative estimate of drug-likeness (QED) is 0.575. The fraction of sp³-hybridized carbons (Fsp3) is 0.348. The molecule has 0 radical (unpaired) electrons. The number of hydrogen-bond acceptors (Lipinski definition) is 5. The Bertz CT molecular complexity index is 931. The molecule has 0 aromatic heterocycles. The van der Waals surface area contributed by atoms with Crippen LogP contribution in [0.1, 0.15) is 25.0 Å². The second-order valence-corrected chi connectivity index (χ2v) is 7.82. The summed E-state index contributed by atoms with van der Waals surface area (Å²) in [6.45, 7) is 4.87. The summed E-state index contributed by atoms with van der Waals surface area (Å²) in [5.41, 5.74) is 2.01. The zero-order valence-electron chi connectivity index (χ0n) is 18.0. The molecular formula is C23H27ClN2O5. The van der Waals surface area contributed by atoms with Crippen molar-refractivity contribution in [3.05, 3.63) is 58.6 Å². The molecule has 2 N–H and O–H groups in total. The van der Waals surface area contributed by atoms with Crippen molar-refractivity contribution in [1.29, 1.82) is 0 Å². The average molecular weight is 447 g/mol. The molecule has 0 aliphatic heterocycles. The predicted octanol–water partition coefficient (Wildman–Crippen LogP) is 3.52. The molecule has 1 unspecified atom stereocenters. The van der Waals surface area contributed by atoms with Crippen molar-refractivity contribution in [3.8, 4) is 5.75 Å². The van der Waals surface area contributed by atoms with Crippen LogP contribution in [-0.2, 0) is 25.5 Å². The molecule has 8 heteroatoms. The summed E-state index contributed by atoms with van der Waals surface area (Å²) in [4.78, 5) is 37.1. The summed E-state index contributed by atoms with van der Waals surface area (Å²) < 4.78 is 10.4. The Hall–Kier alpha value is -3.06. The number of rotatable bonds is 9. The van der Waals surface area contributed by atoms with Crippen LogP contribution >= 0.6 is 11.6 Å². The molecule has 0 saturated carbocycles. The highest BCUT2D eigenvalue weighted by Crippen LogP contribution is 2.30. The van der Waals surface area contributed by atoms with Crippen LogP contribution < -0.4 is 15.4 Å². The monoisotopic (exact) mass is 446 g/mol. The molecule has 2 aromatic rings. The second-order valence-electron chi connectivity index (χ2n) is 7.41. The molecule has 7 nitrogen and oxygen atoms in total. The van der Waals surface area contributed by atoms with Gasteiger partial charge < -0.3 is 20.1 Å². The average Bonchev–Trinajstić information content (AvgIpc) is 2.73. The Kier molecular flexibility index (Phi) is 8.88. The van der Waals surface area contributed by atoms with Crippen molar-refractivity contribution < 1.29 is 23.9 Å². The molecule has 0 spiro atoms. The number of aryl methyl sites for hydroxylation is 1. The Labute approximate surface area is 187 Å². The third kappa shape index (κ3) is 7.29. The van der Waals surface area contributed by atoms with Crippen LogP contribution in [0, 0.1) is 12.8 Å². The summed E-state index contributed by atoms with van der Waals surface area (Å²) in [5.74, 6) is -1.33. The van der Waals surface area contributed by atoms with Gasteiger partial charge in [0.25, 0.3) is 5.91 Å². The number of nitrogens with one attached hydrogen (secondary N) is 2. The third-order valence-electron chi connectivity index (χ3n) is 4.54. The summed E-state index contributed by atoms with van der Waals surface area (Å²) in [6.07, 6.45) is 0.146. The molecule has 0 aliphatic carbocycles. The first kappa shape index (κ1) is 24.2. The van der Waals surface area contributed by atoms with Gasteiger partial charge in [0.2, 0.25) is 5.91 Å². The van der Waals surface area contributed by atoms with Crippen molar-refractivity contribution >= 4 is 35.1 Å². The SMILES string of the molecule is COc1cc(Cl)c(C)cc1NC(=O)COC(=O)C(NC(=O)Cc1ccccc1)C(C)C. The third-order valence-corrected chi connectivity index (χ3v) is 4.95. The molecule has 2 rings (SSSR count). The Balaban J connectivity index is 1.93. The Morgan fingerprint density at radius 3 is 2.35 bits per heavy atom. The van der Waals surface area contributed by atoms with E-state index in [2.05, 4.69) is 10.6 Å². The first-order valence-corrected chi connectivity index (χ1v) is 10.2. The number of ether oxygens (including phenoxy) is 2. The summed E-state index contributed by atoms with van der Waals surface area (Å²) in [5, 5.41) is 5.84. The standard InChI is InChI=1S/C23H27ClN2O5/c1-14(2)22(26-20(27)11-16-8-6-5-7-9-16)23(29)31-13-21(28)25-18-10-15(3)17(24)12-19(18)30-4/h5-10,12,14,22H,11,13H2,1-4H3,(H,25,28)(H,26,27). The fourth-order valence-electron chi connectivity index (χ4n) is 2.85. The fourth-order valence-corrected chi connectivity index (χ4v) is 3.00. The van der Waals surface area contributed by atoms with E-state index in [0.29, 0.717) is 16.5 Å². The smallest absolute Gasteiger partial charge is 0.329 e. The lowest BCUT2D eigenvalue weighted by atomic mass is 10.0. The van der Waals surface area contributed by atoms with E-state index in [9.17, 15) is 14.4 Å². The van der Waals surface area contributed by atoms with Crippen LogP contribution in [0.4, 0.5) is 5.69 Å². The number of anilines is 1. The van der Waals surface area contributed by atoms with Gasteiger partial charge in [0.1, 0.15) is 11.8 Å². The zero-order chi connectivity index (χ0) is 23.0. The van der Waals surface area contributed by atoms with Gasteiger partial charge in [-0.3, -0.25) is 9.59 Å². The number of carbonyl (C=O) groups is 3. The van der Waals surface area contributed by atoms with Gasteiger partial charge in [-0.25, -0.2) is 4.79 Å². The van der Waals surface area contributed by atoms with Gasteiger partial charge in [0.05, 0.1) is 19.2 Å². The van der Waals surface area contributed by atoms with E-state index in [-0.39, 0.29) is 18.2 Å². The molecule has 0 saturated heterocycles. The van der Waals surface area contributed by atoms with Gasteiger partial charge in [-0.2, -0.15) is 0 Å². The van der Waals surface area contributed by atoms with Gasteiger partial charge in [0, 0.05) is 11.1 Å². The van der Waals surface area contributed by atoms with Crippen LogP contribution in [0.15, 0.2) is 42.5 Å². The summed E-state index contributed by atoms with van der Waals surface area (Å²) in [6, 6.07) is 11.6. The highest BCUT2D eigenvalue weighted by atomic mass is 35.5. The molecule has 0 heterocycles. The van der Waals surface area contributed by atoms with Gasteiger partial charge in [0.15, 0.2) is 6.61 Å². The van der Waals surface area contributed by atoms with Crippen LogP contribution in [-0.4, -0.2) is 37.5 Å². The Morgan fingerprint density at radius 2 is 1.74 bits per heavy atom. The number of benzene rings is 2. The molecule has 0 bridgehead atoms. The first-order valence-electron chi connectivity index (χ1n) is 9.85. The maximum atomic E-state index is 12.5. The van der Waals surface area contributed by atoms with Crippen molar-refractivity contribution in [2.45, 2.75) is 33.2 Å². The molecule has 166 valence electrons. The van der Waals surface area contributed by atoms with E-state index < -0.39 is 24.5 Å². The zero-order valence-corrected chi connectivity index (χ0v) is 18.8. The van der Waals surface area contributed by atoms with Gasteiger partial charge in [-0.15, -0.1) is 0 Å². The number of amides is 2. The minimum absolute atomic E-state index is 0.146. The van der Waals surface area contributed by atoms with Gasteiger partial charge in [-0.05, 0) is 30.0 Å². The molecule has 2 amide bonds. The van der Waals surface area contributed by atoms with E-state index in [1.165, 1.54) is 7.11 Å². The van der Waals surface area contributed by atoms with Crippen molar-refractivity contribution in [1.82, 2.24) is 5.32 Å². The van der Waals surface area contributed by atoms with Crippen molar-refractivity contribution in [2.75, 3.05) is 19.0 Å². The number of halogens is 1. The predicted molar refractivity (Wildman–Crippen MR) is 119 cm³/mol. The van der Waals surface area contributed by atoms with E-state index >= 15 is 0 Å². The minimum atomic E-state index is -0.865. The van der Waals surface area contributed by atoms with Gasteiger partial charge in [-0.1, -0.05) is 55.8 Å². The molecular weight excluding hydrogens is 420 g/mol. The minimum Gasteiger partial charge on any atom is -0.495 e. The number of methoxy groups -OCH3 is 1. The van der Waals surface area contributed by atoms with Crippen molar-refractivity contribution in [3.63, 3.8) is 0 Å². The number of esters is 1. The lowest BCUT2D eigenvalue weighted by molar-refractivity contribution is -0.151. The van der Waals surface area contributed by atoms with Crippen LogP contribution in [0.25, 0.3) is 0 Å². The molecule has 31 heavy (non-hydrogen) atoms. The van der Waals surface area contributed by atoms with Crippen LogP contribution in [0.5, 0.6) is 5.75 Å². The number of carbonyl (C=O) groups excluding carboxylic acids is 3. The molecule has 0 fully saturated rings. The van der Waals surface area contributed by atoms with E-state index in [1.54, 1.807) is 32.9 Å². The van der Waals surface area contributed by atoms with Gasteiger partial charge >= 0.3 is 5.97 Å². The van der Waals surface area contributed by atoms with Crippen LogP contribution in [0.2, 0.25) is 5.02 Å². The maximum absolute atomic E-state index is 12.5. The molecule has 1 atom stereocenters. The Morgan fingerprint density at radius 1 is 1.06 bits per heavy atom. The van der Waals surface area contributed by atoms with E-state index in [0.717, 1.165) is 11.1 Å². The maximum Gasteiger partial charge on any atom is 0.329 e. The lowest BCUT2D eigenvalue weighted by Crippen LogP contribution is -2.46. The van der Waals surface area contributed by atoms with E-state index in [4.69, 9.17) is 21.1 Å². The van der Waals surface area contributed by atoms with Crippen molar-refractivity contribution in [2.24, 2.45) is 5.92 Å².